The van der Waals surface area contributed by atoms with Crippen molar-refractivity contribution in [3.63, 3.8) is 0 Å². The Morgan fingerprint density at radius 2 is 0.468 bits per heavy atom. The second-order valence-corrected chi connectivity index (χ2v) is 39.9. The van der Waals surface area contributed by atoms with Crippen LogP contribution in [-0.4, -0.2) is 48.2 Å². The number of aromatic nitrogens is 10. The molecule has 0 saturated carbocycles. The summed E-state index contributed by atoms with van der Waals surface area (Å²) in [4.78, 5) is 32.0. The van der Waals surface area contributed by atoms with E-state index in [1.54, 1.807) is 34.0 Å². The molecule has 19 aromatic carbocycles. The molecule has 0 radical (unpaired) electrons. The van der Waals surface area contributed by atoms with E-state index in [2.05, 4.69) is 449 Å². The van der Waals surface area contributed by atoms with E-state index in [1.807, 2.05) is 29.5 Å². The molecule has 15 heteroatoms. The van der Waals surface area contributed by atoms with Gasteiger partial charge in [0.1, 0.15) is 11.2 Å². The van der Waals surface area contributed by atoms with Crippen LogP contribution in [0.5, 0.6) is 0 Å². The molecule has 0 fully saturated rings. The Morgan fingerprint density at radius 3 is 0.879 bits per heavy atom. The summed E-state index contributed by atoms with van der Waals surface area (Å²) < 4.78 is 25.5. The minimum absolute atomic E-state index is 0.710. The van der Waals surface area contributed by atoms with Crippen LogP contribution >= 0.6 is 45.3 Å². The average molecular weight is 1870 g/mol. The van der Waals surface area contributed by atoms with E-state index >= 15 is 0 Å². The van der Waals surface area contributed by atoms with E-state index in [-0.39, 0.29) is 0 Å². The molecule has 12 aromatic heterocycles. The lowest BCUT2D eigenvalue weighted by Gasteiger charge is -2.14. The third-order valence-electron chi connectivity index (χ3n) is 27.8. The first-order chi connectivity index (χ1) is 70.0. The summed E-state index contributed by atoms with van der Waals surface area (Å²) in [6.07, 6.45) is 0. The molecule has 0 spiro atoms. The lowest BCUT2D eigenvalue weighted by molar-refractivity contribution is 0.669. The van der Waals surface area contributed by atoms with Crippen molar-refractivity contribution in [2.24, 2.45) is 0 Å². The summed E-state index contributed by atoms with van der Waals surface area (Å²) in [7, 11) is 0. The summed E-state index contributed by atoms with van der Waals surface area (Å²) >= 11 is 7.15. The Balaban J connectivity index is 0.000000102. The van der Waals surface area contributed by atoms with E-state index in [4.69, 9.17) is 34.3 Å². The Morgan fingerprint density at radius 1 is 0.177 bits per heavy atom. The van der Waals surface area contributed by atoms with Crippen molar-refractivity contribution < 1.29 is 4.42 Å². The second kappa shape index (κ2) is 32.5. The summed E-state index contributed by atoms with van der Waals surface area (Å²) in [6, 6.07) is 159. The number of hydrogen-bond donors (Lipinski definition) is 0. The average Bonchev–Trinajstić information content (AvgIpc) is 1.54. The maximum atomic E-state index is 6.31. The third kappa shape index (κ3) is 12.7. The van der Waals surface area contributed by atoms with Crippen molar-refractivity contribution in [3.05, 3.63) is 449 Å². The van der Waals surface area contributed by atoms with Crippen molar-refractivity contribution >= 4 is 236 Å². The third-order valence-corrected chi connectivity index (χ3v) is 32.4. The molecule has 0 aliphatic heterocycles. The molecule has 0 aliphatic rings. The zero-order valence-corrected chi connectivity index (χ0v) is 78.5. The van der Waals surface area contributed by atoms with Gasteiger partial charge in [-0.15, -0.1) is 45.3 Å². The SMILES string of the molecule is c1ccc(-c2nc(-c3ccccc3-n3c4ccccc4c4c5c(ccc43)oc3ccccc35)nc3c2sc2ccccc23)cc1.c1ccc(-c2nc(-c3ccccc3-n3c4ccccc4c4c5c(ccc43)sc3ccccc35)nc3c2sc2ccccc23)cc1.c1ccc(-c2nc(-c3ccccc3-n3c4ccccc4c4c5c6ccccc6n(-c6ccccc6)c5ccc43)nc3c2sc2ccccc23)cc1. The zero-order chi connectivity index (χ0) is 92.4. The smallest absolute Gasteiger partial charge is 0.162 e. The molecule has 658 valence electrons. The first-order valence-electron chi connectivity index (χ1n) is 47.2. The molecular formula is C126H74N10OS4. The van der Waals surface area contributed by atoms with Crippen LogP contribution in [-0.2, 0) is 0 Å². The predicted octanol–water partition coefficient (Wildman–Crippen LogP) is 35.2. The van der Waals surface area contributed by atoms with Gasteiger partial charge in [-0.1, -0.05) is 309 Å². The van der Waals surface area contributed by atoms with Crippen molar-refractivity contribution in [3.8, 4) is 90.7 Å². The summed E-state index contributed by atoms with van der Waals surface area (Å²) in [5.41, 5.74) is 27.5. The van der Waals surface area contributed by atoms with Gasteiger partial charge < -0.3 is 22.7 Å². The molecule has 0 bridgehead atoms. The molecule has 31 aromatic rings. The largest absolute Gasteiger partial charge is 0.456 e. The predicted molar refractivity (Wildman–Crippen MR) is 595 cm³/mol. The van der Waals surface area contributed by atoms with Crippen molar-refractivity contribution in [1.82, 2.24) is 48.2 Å². The highest BCUT2D eigenvalue weighted by atomic mass is 32.1. The van der Waals surface area contributed by atoms with E-state index in [9.17, 15) is 0 Å². The maximum absolute atomic E-state index is 6.31. The van der Waals surface area contributed by atoms with Crippen LogP contribution in [0.25, 0.3) is 281 Å². The number of hydrogen-bond acceptors (Lipinski definition) is 11. The molecule has 0 atom stereocenters. The molecule has 12 heterocycles. The fraction of sp³-hybridized carbons (Fsp3) is 0. The molecule has 0 aliphatic carbocycles. The van der Waals surface area contributed by atoms with Gasteiger partial charge in [0.15, 0.2) is 17.5 Å². The van der Waals surface area contributed by atoms with Crippen LogP contribution in [0.15, 0.2) is 453 Å². The highest BCUT2D eigenvalue weighted by Gasteiger charge is 2.30. The Kier molecular flexibility index (Phi) is 18.6. The lowest BCUT2D eigenvalue weighted by atomic mass is 10.1. The highest BCUT2D eigenvalue weighted by molar-refractivity contribution is 7.27. The number of nitrogens with zero attached hydrogens (tertiary/aromatic N) is 10. The van der Waals surface area contributed by atoms with E-state index < -0.39 is 0 Å². The summed E-state index contributed by atoms with van der Waals surface area (Å²) in [6.45, 7) is 0. The quantitative estimate of drug-likeness (QED) is 0.134. The number of thiophene rings is 4. The van der Waals surface area contributed by atoms with Crippen LogP contribution in [0.3, 0.4) is 0 Å². The van der Waals surface area contributed by atoms with Gasteiger partial charge in [0, 0.05) is 143 Å². The fourth-order valence-corrected chi connectivity index (χ4v) is 26.4. The van der Waals surface area contributed by atoms with Gasteiger partial charge in [-0.05, 0) is 140 Å². The van der Waals surface area contributed by atoms with Gasteiger partial charge in [-0.3, -0.25) is 0 Å². The van der Waals surface area contributed by atoms with Crippen molar-refractivity contribution in [2.45, 2.75) is 0 Å². The van der Waals surface area contributed by atoms with Crippen LogP contribution in [0, 0.1) is 0 Å². The topological polar surface area (TPSA) is 110 Å². The summed E-state index contributed by atoms with van der Waals surface area (Å²) in [5, 5.41) is 18.3. The van der Waals surface area contributed by atoms with E-state index in [0.29, 0.717) is 11.6 Å². The minimum Gasteiger partial charge on any atom is -0.456 e. The molecule has 0 amide bonds. The van der Waals surface area contributed by atoms with Gasteiger partial charge in [0.25, 0.3) is 0 Å². The standard InChI is InChI=1S/C46H28N4S.C40H23N3OS.C40H23N3S2/c1-3-15-29(16-4-1)43-45-44(34-22-10-14-26-40(34)51-45)48-46(47-43)33-21-9-13-25-37(33)50-36-24-12-8-20-32(36)42-39(50)28-27-38-41(42)31-19-7-11-23-35(31)49(38)30-17-5-2-6-18-30;1-2-12-24(13-3-1)37-39-38(28-17-7-11-21-34(28)45-39)42-40(41-37)26-15-5-9-19-30(26)43-29-18-8-4-14-25(29)35-31(43)22-23-33-36(35)27-16-6-10-20-32(27)44-33;1-2-12-24(13-3-1)37-39-38(28-17-7-11-21-33(28)45-39)42-40(41-37)26-15-5-9-19-30(26)43-29-18-8-4-14-25(29)35-31(43)22-23-34-36(35)27-16-6-10-20-32(27)44-34/h1-28H;2*1-23H. The molecule has 11 nitrogen and oxygen atoms in total. The van der Waals surface area contributed by atoms with Gasteiger partial charge >= 0.3 is 0 Å². The highest BCUT2D eigenvalue weighted by Crippen LogP contribution is 2.52. The maximum Gasteiger partial charge on any atom is 0.162 e. The Hall–Kier alpha value is -17.7. The number of rotatable bonds is 10. The fourth-order valence-electron chi connectivity index (χ4n) is 21.8. The van der Waals surface area contributed by atoms with Gasteiger partial charge in [-0.2, -0.15) is 0 Å². The van der Waals surface area contributed by atoms with Gasteiger partial charge in [0.05, 0.1) is 109 Å². The Bertz CT molecular complexity index is 10200. The zero-order valence-electron chi connectivity index (χ0n) is 75.2. The molecule has 31 rings (SSSR count). The second-order valence-electron chi connectivity index (χ2n) is 35.6. The summed E-state index contributed by atoms with van der Waals surface area (Å²) in [5.74, 6) is 2.16. The van der Waals surface area contributed by atoms with Crippen molar-refractivity contribution in [2.75, 3.05) is 0 Å². The molecule has 0 N–H and O–H groups in total. The first kappa shape index (κ1) is 80.6. The number of benzene rings is 19. The normalized spacial score (nSPS) is 12.0. The van der Waals surface area contributed by atoms with Crippen molar-refractivity contribution in [1.29, 1.82) is 0 Å². The molecule has 0 saturated heterocycles. The van der Waals surface area contributed by atoms with E-state index in [1.165, 1.54) is 105 Å². The minimum atomic E-state index is 0.710. The molecular weight excluding hydrogens is 1800 g/mol. The number of furan rings is 1. The molecule has 0 unspecified atom stereocenters. The number of para-hydroxylation sites is 9. The van der Waals surface area contributed by atoms with Gasteiger partial charge in [0.2, 0.25) is 0 Å². The van der Waals surface area contributed by atoms with Crippen LogP contribution < -0.4 is 0 Å². The van der Waals surface area contributed by atoms with Crippen LogP contribution in [0.4, 0.5) is 0 Å². The number of fused-ring (bicyclic) bond motifs is 30. The molecule has 141 heavy (non-hydrogen) atoms. The lowest BCUT2D eigenvalue weighted by Crippen LogP contribution is -2.00. The Labute approximate surface area is 821 Å². The first-order valence-corrected chi connectivity index (χ1v) is 50.5. The van der Waals surface area contributed by atoms with E-state index in [0.717, 1.165) is 164 Å². The van der Waals surface area contributed by atoms with Crippen LogP contribution in [0.1, 0.15) is 0 Å². The van der Waals surface area contributed by atoms with Crippen LogP contribution in [0.2, 0.25) is 0 Å². The monoisotopic (exact) mass is 1870 g/mol. The van der Waals surface area contributed by atoms with Gasteiger partial charge in [-0.25, -0.2) is 29.9 Å².